The van der Waals surface area contributed by atoms with Crippen molar-refractivity contribution in [1.82, 2.24) is 14.9 Å². The third-order valence-corrected chi connectivity index (χ3v) is 5.38. The van der Waals surface area contributed by atoms with E-state index in [0.29, 0.717) is 10.6 Å². The van der Waals surface area contributed by atoms with Crippen molar-refractivity contribution in [1.29, 1.82) is 0 Å². The number of carbonyl (C=O) groups is 3. The van der Waals surface area contributed by atoms with Crippen molar-refractivity contribution in [2.75, 3.05) is 19.0 Å². The number of benzene rings is 2. The van der Waals surface area contributed by atoms with E-state index in [2.05, 4.69) is 9.97 Å². The summed E-state index contributed by atoms with van der Waals surface area (Å²) in [5.41, 5.74) is 0.592. The molecule has 0 saturated heterocycles. The fraction of sp³-hybridized carbons (Fsp3) is 0.174. The topological polar surface area (TPSA) is 83.5 Å². The zero-order valence-electron chi connectivity index (χ0n) is 17.8. The van der Waals surface area contributed by atoms with Crippen LogP contribution in [0.2, 0.25) is 10.0 Å². The third kappa shape index (κ3) is 5.91. The normalized spacial score (nSPS) is 10.6. The number of aromatic nitrogens is 2. The van der Waals surface area contributed by atoms with Gasteiger partial charge in [0.1, 0.15) is 5.82 Å². The Balaban J connectivity index is 1.96. The Kier molecular flexibility index (Phi) is 7.73. The Morgan fingerprint density at radius 2 is 1.67 bits per heavy atom. The van der Waals surface area contributed by atoms with Crippen molar-refractivity contribution < 1.29 is 18.8 Å². The first kappa shape index (κ1) is 24.3. The van der Waals surface area contributed by atoms with Crippen LogP contribution in [0, 0.1) is 5.82 Å². The van der Waals surface area contributed by atoms with Gasteiger partial charge in [0, 0.05) is 32.1 Å². The minimum Gasteiger partial charge on any atom is -0.345 e. The van der Waals surface area contributed by atoms with Crippen LogP contribution in [0.5, 0.6) is 0 Å². The van der Waals surface area contributed by atoms with Gasteiger partial charge in [-0.2, -0.15) is 0 Å². The van der Waals surface area contributed by atoms with E-state index < -0.39 is 23.9 Å². The zero-order valence-corrected chi connectivity index (χ0v) is 19.3. The number of halogens is 3. The minimum atomic E-state index is -0.792. The molecule has 0 atom stereocenters. The number of hydrogen-bond donors (Lipinski definition) is 0. The molecule has 0 aliphatic carbocycles. The molecule has 0 bridgehead atoms. The molecular formula is C23H19Cl2FN4O3. The lowest BCUT2D eigenvalue weighted by Gasteiger charge is -2.24. The summed E-state index contributed by atoms with van der Waals surface area (Å²) in [6.45, 7) is -0.0868. The molecule has 1 heterocycles. The first-order valence-electron chi connectivity index (χ1n) is 9.73. The summed E-state index contributed by atoms with van der Waals surface area (Å²) in [4.78, 5) is 47.9. The van der Waals surface area contributed by atoms with E-state index in [0.717, 1.165) is 11.0 Å². The molecule has 0 aliphatic heterocycles. The van der Waals surface area contributed by atoms with Gasteiger partial charge < -0.3 is 9.80 Å². The quantitative estimate of drug-likeness (QED) is 0.362. The van der Waals surface area contributed by atoms with Gasteiger partial charge in [-0.15, -0.1) is 0 Å². The van der Waals surface area contributed by atoms with Gasteiger partial charge in [-0.25, -0.2) is 14.4 Å². The second-order valence-electron chi connectivity index (χ2n) is 7.27. The van der Waals surface area contributed by atoms with Crippen molar-refractivity contribution in [3.63, 3.8) is 0 Å². The number of nitrogens with zero attached hydrogens (tertiary/aromatic N) is 4. The van der Waals surface area contributed by atoms with E-state index in [-0.39, 0.29) is 34.5 Å². The predicted molar refractivity (Wildman–Crippen MR) is 123 cm³/mol. The summed E-state index contributed by atoms with van der Waals surface area (Å²) in [6, 6.07) is 10.1. The zero-order chi connectivity index (χ0) is 24.1. The fourth-order valence-electron chi connectivity index (χ4n) is 3.00. The highest BCUT2D eigenvalue weighted by Gasteiger charge is 2.25. The molecule has 170 valence electrons. The molecule has 0 N–H and O–H groups in total. The maximum Gasteiger partial charge on any atom is 0.253 e. The first-order valence-corrected chi connectivity index (χ1v) is 10.5. The Hall–Kier alpha value is -3.36. The standard InChI is InChI=1S/C23H19Cl2FN4O3/c1-29(2)23(33)15-5-7-19(18(26)11-15)30(13-14-4-6-16(24)17(25)10-14)21(32)12-20(31)22-27-8-3-9-28-22/h3-11H,12-13H2,1-2H3. The van der Waals surface area contributed by atoms with Gasteiger partial charge in [0.2, 0.25) is 11.7 Å². The smallest absolute Gasteiger partial charge is 0.253 e. The summed E-state index contributed by atoms with van der Waals surface area (Å²) in [5.74, 6) is -2.59. The van der Waals surface area contributed by atoms with E-state index in [9.17, 15) is 14.4 Å². The molecule has 3 rings (SSSR count). The maximum atomic E-state index is 15.1. The highest BCUT2D eigenvalue weighted by Crippen LogP contribution is 2.27. The first-order chi connectivity index (χ1) is 15.7. The molecule has 1 aromatic heterocycles. The maximum absolute atomic E-state index is 15.1. The largest absolute Gasteiger partial charge is 0.345 e. The van der Waals surface area contributed by atoms with Crippen LogP contribution < -0.4 is 4.90 Å². The molecule has 7 nitrogen and oxygen atoms in total. The van der Waals surface area contributed by atoms with E-state index in [4.69, 9.17) is 23.2 Å². The van der Waals surface area contributed by atoms with Crippen LogP contribution in [0.3, 0.4) is 0 Å². The Morgan fingerprint density at radius 1 is 0.970 bits per heavy atom. The van der Waals surface area contributed by atoms with Gasteiger partial charge in [-0.1, -0.05) is 29.3 Å². The van der Waals surface area contributed by atoms with Crippen LogP contribution in [0.25, 0.3) is 0 Å². The molecule has 0 fully saturated rings. The summed E-state index contributed by atoms with van der Waals surface area (Å²) < 4.78 is 15.1. The van der Waals surface area contributed by atoms with Crippen molar-refractivity contribution in [2.24, 2.45) is 0 Å². The van der Waals surface area contributed by atoms with Crippen LogP contribution in [0.4, 0.5) is 10.1 Å². The predicted octanol–water partition coefficient (Wildman–Crippen LogP) is 4.43. The molecule has 0 spiro atoms. The second kappa shape index (κ2) is 10.5. The number of rotatable bonds is 7. The molecule has 33 heavy (non-hydrogen) atoms. The molecule has 0 radical (unpaired) electrons. The van der Waals surface area contributed by atoms with E-state index >= 15 is 4.39 Å². The summed E-state index contributed by atoms with van der Waals surface area (Å²) in [5, 5.41) is 0.593. The minimum absolute atomic E-state index is 0.0868. The van der Waals surface area contributed by atoms with Crippen LogP contribution in [-0.2, 0) is 11.3 Å². The van der Waals surface area contributed by atoms with Gasteiger partial charge in [-0.05, 0) is 42.0 Å². The third-order valence-electron chi connectivity index (χ3n) is 4.64. The van der Waals surface area contributed by atoms with Crippen LogP contribution in [-0.4, -0.2) is 46.6 Å². The van der Waals surface area contributed by atoms with Gasteiger partial charge in [-0.3, -0.25) is 14.4 Å². The number of anilines is 1. The molecule has 0 saturated carbocycles. The Morgan fingerprint density at radius 3 is 2.27 bits per heavy atom. The van der Waals surface area contributed by atoms with E-state index in [1.807, 2.05) is 0 Å². The Labute approximate surface area is 199 Å². The highest BCUT2D eigenvalue weighted by atomic mass is 35.5. The molecule has 2 aromatic carbocycles. The van der Waals surface area contributed by atoms with Gasteiger partial charge >= 0.3 is 0 Å². The molecular weight excluding hydrogens is 470 g/mol. The lowest BCUT2D eigenvalue weighted by molar-refractivity contribution is -0.118. The van der Waals surface area contributed by atoms with Gasteiger partial charge in [0.05, 0.1) is 28.7 Å². The fourth-order valence-corrected chi connectivity index (χ4v) is 3.32. The number of carbonyl (C=O) groups excluding carboxylic acids is 3. The summed E-state index contributed by atoms with van der Waals surface area (Å²) in [7, 11) is 3.09. The average molecular weight is 489 g/mol. The van der Waals surface area contributed by atoms with Crippen LogP contribution >= 0.6 is 23.2 Å². The average Bonchev–Trinajstić information content (AvgIpc) is 2.79. The molecule has 0 aliphatic rings. The second-order valence-corrected chi connectivity index (χ2v) is 8.08. The van der Waals surface area contributed by atoms with Crippen molar-refractivity contribution in [3.05, 3.63) is 87.7 Å². The lowest BCUT2D eigenvalue weighted by Crippen LogP contribution is -2.33. The van der Waals surface area contributed by atoms with Gasteiger partial charge in [0.25, 0.3) is 5.91 Å². The highest BCUT2D eigenvalue weighted by molar-refractivity contribution is 6.42. The van der Waals surface area contributed by atoms with Gasteiger partial charge in [0.15, 0.2) is 5.82 Å². The summed E-state index contributed by atoms with van der Waals surface area (Å²) >= 11 is 12.0. The van der Waals surface area contributed by atoms with Crippen LogP contribution in [0.15, 0.2) is 54.9 Å². The monoisotopic (exact) mass is 488 g/mol. The van der Waals surface area contributed by atoms with E-state index in [1.165, 1.54) is 29.4 Å². The molecule has 3 aromatic rings. The number of ketones is 1. The number of Topliss-reactive ketones (excluding diaryl/α,β-unsaturated/α-hetero) is 1. The van der Waals surface area contributed by atoms with Crippen molar-refractivity contribution in [3.8, 4) is 0 Å². The Bertz CT molecular complexity index is 1210. The molecule has 10 heteroatoms. The SMILES string of the molecule is CN(C)C(=O)c1ccc(N(Cc2ccc(Cl)c(Cl)c2)C(=O)CC(=O)c2ncccn2)c(F)c1. The molecule has 0 unspecified atom stereocenters. The van der Waals surface area contributed by atoms with E-state index in [1.54, 1.807) is 38.4 Å². The van der Waals surface area contributed by atoms with Crippen molar-refractivity contribution in [2.45, 2.75) is 13.0 Å². The molecule has 2 amide bonds. The van der Waals surface area contributed by atoms with Crippen LogP contribution in [0.1, 0.15) is 33.0 Å². The lowest BCUT2D eigenvalue weighted by atomic mass is 10.1. The number of hydrogen-bond acceptors (Lipinski definition) is 5. The summed E-state index contributed by atoms with van der Waals surface area (Å²) in [6.07, 6.45) is 2.19. The number of amides is 2. The van der Waals surface area contributed by atoms with Crippen molar-refractivity contribution >= 4 is 46.5 Å².